The molecule has 3 aromatic rings. The molecule has 0 radical (unpaired) electrons. The van der Waals surface area contributed by atoms with Gasteiger partial charge in [0.2, 0.25) is 0 Å². The van der Waals surface area contributed by atoms with Crippen molar-refractivity contribution >= 4 is 52.0 Å². The smallest absolute Gasteiger partial charge is 0.282 e. The second-order valence-corrected chi connectivity index (χ2v) is 8.83. The fourth-order valence-electron chi connectivity index (χ4n) is 3.91. The minimum absolute atomic E-state index is 0.215. The lowest BCUT2D eigenvalue weighted by Gasteiger charge is -2.19. The molecule has 4 nitrogen and oxygen atoms in total. The predicted molar refractivity (Wildman–Crippen MR) is 131 cm³/mol. The summed E-state index contributed by atoms with van der Waals surface area (Å²) in [7, 11) is 0. The molecule has 0 unspecified atom stereocenters. The lowest BCUT2D eigenvalue weighted by Crippen LogP contribution is -2.33. The Morgan fingerprint density at radius 1 is 0.812 bits per heavy atom. The van der Waals surface area contributed by atoms with Gasteiger partial charge in [-0.05, 0) is 74.2 Å². The molecule has 0 aromatic heterocycles. The molecule has 0 saturated carbocycles. The van der Waals surface area contributed by atoms with E-state index in [4.69, 9.17) is 23.2 Å². The zero-order valence-corrected chi connectivity index (χ0v) is 19.7. The topological polar surface area (TPSA) is 49.4 Å². The lowest BCUT2D eigenvalue weighted by atomic mass is 9.97. The zero-order chi connectivity index (χ0) is 23.2. The molecule has 6 heteroatoms. The maximum atomic E-state index is 13.7. The first-order valence-electron chi connectivity index (χ1n) is 10.2. The fraction of sp³-hybridized carbons (Fsp3) is 0.154. The van der Waals surface area contributed by atoms with Crippen molar-refractivity contribution in [2.24, 2.45) is 0 Å². The molecule has 3 aromatic carbocycles. The number of carbonyl (C=O) groups is 2. The van der Waals surface area contributed by atoms with Gasteiger partial charge in [0, 0.05) is 15.7 Å². The van der Waals surface area contributed by atoms with E-state index in [1.807, 2.05) is 45.0 Å². The van der Waals surface area contributed by atoms with E-state index in [2.05, 4.69) is 5.32 Å². The largest absolute Gasteiger partial charge is 0.350 e. The number of benzene rings is 3. The molecule has 32 heavy (non-hydrogen) atoms. The van der Waals surface area contributed by atoms with E-state index in [0.717, 1.165) is 16.7 Å². The van der Waals surface area contributed by atoms with Gasteiger partial charge < -0.3 is 5.32 Å². The third kappa shape index (κ3) is 3.81. The van der Waals surface area contributed by atoms with Crippen molar-refractivity contribution in [1.29, 1.82) is 0 Å². The SMILES string of the molecule is Cc1ccc(C2=C(Nc3cc(Cl)ccc3C)C(=O)N(c3cccc(Cl)c3C)C2=O)c(C)c1. The van der Waals surface area contributed by atoms with E-state index >= 15 is 0 Å². The number of anilines is 2. The minimum atomic E-state index is -0.435. The molecule has 1 aliphatic heterocycles. The summed E-state index contributed by atoms with van der Waals surface area (Å²) in [4.78, 5) is 28.6. The zero-order valence-electron chi connectivity index (χ0n) is 18.2. The number of rotatable bonds is 4. The maximum Gasteiger partial charge on any atom is 0.282 e. The Bertz CT molecular complexity index is 1310. The Morgan fingerprint density at radius 3 is 2.28 bits per heavy atom. The minimum Gasteiger partial charge on any atom is -0.350 e. The van der Waals surface area contributed by atoms with Crippen molar-refractivity contribution in [2.75, 3.05) is 10.2 Å². The van der Waals surface area contributed by atoms with Gasteiger partial charge in [-0.2, -0.15) is 0 Å². The molecule has 1 heterocycles. The van der Waals surface area contributed by atoms with Crippen LogP contribution in [0.3, 0.4) is 0 Å². The third-order valence-corrected chi connectivity index (χ3v) is 6.32. The van der Waals surface area contributed by atoms with Crippen LogP contribution in [-0.2, 0) is 9.59 Å². The predicted octanol–water partition coefficient (Wildman–Crippen LogP) is 6.62. The van der Waals surface area contributed by atoms with Crippen LogP contribution >= 0.6 is 23.2 Å². The Morgan fingerprint density at radius 2 is 1.56 bits per heavy atom. The summed E-state index contributed by atoms with van der Waals surface area (Å²) in [5.41, 5.74) is 5.93. The standard InChI is InChI=1S/C26H22Cl2N2O2/c1-14-8-11-19(16(3)12-14)23-24(29-21-13-18(27)10-9-15(21)2)26(32)30(25(23)31)22-7-5-6-20(28)17(22)4/h5-13,29H,1-4H3. The number of amides is 2. The number of aryl methyl sites for hydroxylation is 3. The highest BCUT2D eigenvalue weighted by atomic mass is 35.5. The monoisotopic (exact) mass is 464 g/mol. The summed E-state index contributed by atoms with van der Waals surface area (Å²) in [5, 5.41) is 4.23. The normalized spacial score (nSPS) is 13.9. The van der Waals surface area contributed by atoms with Crippen molar-refractivity contribution < 1.29 is 9.59 Å². The number of hydrogen-bond donors (Lipinski definition) is 1. The van der Waals surface area contributed by atoms with E-state index in [9.17, 15) is 9.59 Å². The highest BCUT2D eigenvalue weighted by Gasteiger charge is 2.41. The molecule has 2 amide bonds. The molecule has 1 aliphatic rings. The number of imide groups is 1. The average molecular weight is 465 g/mol. The molecule has 0 spiro atoms. The van der Waals surface area contributed by atoms with E-state index < -0.39 is 11.8 Å². The van der Waals surface area contributed by atoms with Gasteiger partial charge in [-0.1, -0.05) is 59.1 Å². The molecular weight excluding hydrogens is 443 g/mol. The lowest BCUT2D eigenvalue weighted by molar-refractivity contribution is -0.120. The van der Waals surface area contributed by atoms with Gasteiger partial charge in [-0.15, -0.1) is 0 Å². The molecule has 0 aliphatic carbocycles. The summed E-state index contributed by atoms with van der Waals surface area (Å²) < 4.78 is 0. The number of halogens is 2. The number of carbonyl (C=O) groups excluding carboxylic acids is 2. The molecule has 162 valence electrons. The van der Waals surface area contributed by atoms with Crippen LogP contribution in [0.15, 0.2) is 60.3 Å². The van der Waals surface area contributed by atoms with Gasteiger partial charge in [-0.25, -0.2) is 4.90 Å². The van der Waals surface area contributed by atoms with Crippen molar-refractivity contribution in [3.63, 3.8) is 0 Å². The summed E-state index contributed by atoms with van der Waals surface area (Å²) in [6.45, 7) is 7.63. The fourth-order valence-corrected chi connectivity index (χ4v) is 4.25. The first-order chi connectivity index (χ1) is 15.2. The van der Waals surface area contributed by atoms with E-state index in [-0.39, 0.29) is 5.70 Å². The first kappa shape index (κ1) is 22.1. The Kier molecular flexibility index (Phi) is 5.85. The van der Waals surface area contributed by atoms with Crippen molar-refractivity contribution in [2.45, 2.75) is 27.7 Å². The number of nitrogens with one attached hydrogen (secondary N) is 1. The number of nitrogens with zero attached hydrogens (tertiary/aromatic N) is 1. The second-order valence-electron chi connectivity index (χ2n) is 7.98. The van der Waals surface area contributed by atoms with Crippen LogP contribution in [0.1, 0.15) is 27.8 Å². The Labute approximate surface area is 197 Å². The Balaban J connectivity index is 1.92. The van der Waals surface area contributed by atoms with Crippen LogP contribution in [0.4, 0.5) is 11.4 Å². The van der Waals surface area contributed by atoms with Crippen molar-refractivity contribution in [1.82, 2.24) is 0 Å². The Hall–Kier alpha value is -3.08. The second kappa shape index (κ2) is 8.45. The highest BCUT2D eigenvalue weighted by molar-refractivity contribution is 6.47. The molecule has 0 atom stereocenters. The summed E-state index contributed by atoms with van der Waals surface area (Å²) >= 11 is 12.5. The van der Waals surface area contributed by atoms with Crippen molar-refractivity contribution in [3.05, 3.63) is 98.2 Å². The third-order valence-electron chi connectivity index (χ3n) is 5.67. The van der Waals surface area contributed by atoms with Gasteiger partial charge >= 0.3 is 0 Å². The van der Waals surface area contributed by atoms with Crippen LogP contribution in [-0.4, -0.2) is 11.8 Å². The summed E-state index contributed by atoms with van der Waals surface area (Å²) in [5.74, 6) is -0.829. The van der Waals surface area contributed by atoms with Crippen LogP contribution in [0.25, 0.3) is 5.57 Å². The number of hydrogen-bond acceptors (Lipinski definition) is 3. The molecule has 1 N–H and O–H groups in total. The molecule has 0 fully saturated rings. The molecule has 4 rings (SSSR count). The summed E-state index contributed by atoms with van der Waals surface area (Å²) in [6.07, 6.45) is 0. The van der Waals surface area contributed by atoms with Crippen LogP contribution in [0.5, 0.6) is 0 Å². The molecule has 0 saturated heterocycles. The van der Waals surface area contributed by atoms with E-state index in [0.29, 0.717) is 38.1 Å². The summed E-state index contributed by atoms with van der Waals surface area (Å²) in [6, 6.07) is 16.4. The molecular formula is C26H22Cl2N2O2. The van der Waals surface area contributed by atoms with Gasteiger partial charge in [-0.3, -0.25) is 9.59 Å². The van der Waals surface area contributed by atoms with Crippen LogP contribution in [0, 0.1) is 27.7 Å². The van der Waals surface area contributed by atoms with Gasteiger partial charge in [0.05, 0.1) is 11.3 Å². The maximum absolute atomic E-state index is 13.7. The van der Waals surface area contributed by atoms with Crippen LogP contribution < -0.4 is 10.2 Å². The van der Waals surface area contributed by atoms with Crippen LogP contribution in [0.2, 0.25) is 10.0 Å². The van der Waals surface area contributed by atoms with E-state index in [1.165, 1.54) is 4.90 Å². The van der Waals surface area contributed by atoms with Gasteiger partial charge in [0.15, 0.2) is 0 Å². The van der Waals surface area contributed by atoms with E-state index in [1.54, 1.807) is 37.3 Å². The van der Waals surface area contributed by atoms with Gasteiger partial charge in [0.25, 0.3) is 11.8 Å². The first-order valence-corrected chi connectivity index (χ1v) is 10.9. The average Bonchev–Trinajstić information content (AvgIpc) is 2.97. The quantitative estimate of drug-likeness (QED) is 0.441. The molecule has 0 bridgehead atoms. The van der Waals surface area contributed by atoms with Crippen molar-refractivity contribution in [3.8, 4) is 0 Å². The highest BCUT2D eigenvalue weighted by Crippen LogP contribution is 2.38. The van der Waals surface area contributed by atoms with Gasteiger partial charge in [0.1, 0.15) is 5.70 Å².